The molecule has 0 saturated carbocycles. The van der Waals surface area contributed by atoms with Crippen molar-refractivity contribution in [2.45, 2.75) is 13.8 Å². The van der Waals surface area contributed by atoms with Crippen LogP contribution in [0.25, 0.3) is 0 Å². The maximum Gasteiger partial charge on any atom is 0.338 e. The number of para-hydroxylation sites is 1. The number of hydrogen-bond acceptors (Lipinski definition) is 6. The molecule has 0 aliphatic heterocycles. The van der Waals surface area contributed by atoms with Gasteiger partial charge in [-0.05, 0) is 60.7 Å². The molecule has 0 bridgehead atoms. The van der Waals surface area contributed by atoms with Gasteiger partial charge >= 0.3 is 5.97 Å². The SMILES string of the molecule is Cc1cccc(C)c1NC(=O)CN(C)C(=O)COC(=O)c1ccc(NC(=O)c2cccs2)cc1. The van der Waals surface area contributed by atoms with Gasteiger partial charge in [-0.25, -0.2) is 4.79 Å². The third-order valence-corrected chi connectivity index (χ3v) is 5.87. The van der Waals surface area contributed by atoms with E-state index in [0.717, 1.165) is 16.8 Å². The number of nitrogens with one attached hydrogen (secondary N) is 2. The van der Waals surface area contributed by atoms with E-state index in [1.807, 2.05) is 37.4 Å². The minimum Gasteiger partial charge on any atom is -0.452 e. The summed E-state index contributed by atoms with van der Waals surface area (Å²) in [6.45, 7) is 3.11. The number of thiophene rings is 1. The Morgan fingerprint density at radius 2 is 1.59 bits per heavy atom. The van der Waals surface area contributed by atoms with Gasteiger partial charge in [0, 0.05) is 18.4 Å². The number of esters is 1. The fraction of sp³-hybridized carbons (Fsp3) is 0.200. The van der Waals surface area contributed by atoms with E-state index < -0.39 is 18.5 Å². The molecule has 176 valence electrons. The van der Waals surface area contributed by atoms with Gasteiger partial charge in [0.15, 0.2) is 6.61 Å². The number of benzene rings is 2. The highest BCUT2D eigenvalue weighted by Crippen LogP contribution is 2.19. The molecule has 3 amide bonds. The van der Waals surface area contributed by atoms with Crippen LogP contribution in [0.3, 0.4) is 0 Å². The molecule has 8 nitrogen and oxygen atoms in total. The Kier molecular flexibility index (Phi) is 8.15. The van der Waals surface area contributed by atoms with E-state index in [0.29, 0.717) is 10.6 Å². The third-order valence-electron chi connectivity index (χ3n) is 5.00. The van der Waals surface area contributed by atoms with Crippen LogP contribution in [0.15, 0.2) is 60.0 Å². The highest BCUT2D eigenvalue weighted by Gasteiger charge is 2.17. The molecule has 0 spiro atoms. The number of hydrogen-bond donors (Lipinski definition) is 2. The fourth-order valence-electron chi connectivity index (χ4n) is 3.11. The van der Waals surface area contributed by atoms with E-state index in [9.17, 15) is 19.2 Å². The molecule has 0 aliphatic carbocycles. The van der Waals surface area contributed by atoms with Crippen molar-refractivity contribution in [3.63, 3.8) is 0 Å². The molecule has 0 aliphatic rings. The zero-order valence-electron chi connectivity index (χ0n) is 19.1. The number of aryl methyl sites for hydroxylation is 2. The number of nitrogens with zero attached hydrogens (tertiary/aromatic N) is 1. The van der Waals surface area contributed by atoms with E-state index >= 15 is 0 Å². The van der Waals surface area contributed by atoms with Crippen molar-refractivity contribution in [1.82, 2.24) is 4.90 Å². The quantitative estimate of drug-likeness (QED) is 0.477. The van der Waals surface area contributed by atoms with Crippen molar-refractivity contribution in [3.05, 3.63) is 81.5 Å². The van der Waals surface area contributed by atoms with Crippen molar-refractivity contribution in [3.8, 4) is 0 Å². The maximum atomic E-state index is 12.3. The van der Waals surface area contributed by atoms with Crippen LogP contribution in [-0.4, -0.2) is 48.8 Å². The topological polar surface area (TPSA) is 105 Å². The summed E-state index contributed by atoms with van der Waals surface area (Å²) < 4.78 is 5.08. The van der Waals surface area contributed by atoms with Crippen LogP contribution in [0.4, 0.5) is 11.4 Å². The lowest BCUT2D eigenvalue weighted by Crippen LogP contribution is -2.37. The van der Waals surface area contributed by atoms with Gasteiger partial charge in [0.1, 0.15) is 0 Å². The average molecular weight is 480 g/mol. The molecule has 1 heterocycles. The molecular weight excluding hydrogens is 454 g/mol. The van der Waals surface area contributed by atoms with E-state index in [1.54, 1.807) is 24.3 Å². The van der Waals surface area contributed by atoms with Crippen molar-refractivity contribution < 1.29 is 23.9 Å². The molecule has 34 heavy (non-hydrogen) atoms. The zero-order chi connectivity index (χ0) is 24.7. The molecule has 0 radical (unpaired) electrons. The first-order chi connectivity index (χ1) is 16.2. The van der Waals surface area contributed by atoms with Crippen LogP contribution in [0.1, 0.15) is 31.2 Å². The highest BCUT2D eigenvalue weighted by atomic mass is 32.1. The van der Waals surface area contributed by atoms with Crippen LogP contribution in [-0.2, 0) is 14.3 Å². The van der Waals surface area contributed by atoms with Crippen molar-refractivity contribution >= 4 is 46.4 Å². The Hall–Kier alpha value is -3.98. The Balaban J connectivity index is 1.46. The predicted octanol–water partition coefficient (Wildman–Crippen LogP) is 3.87. The fourth-order valence-corrected chi connectivity index (χ4v) is 3.72. The zero-order valence-corrected chi connectivity index (χ0v) is 19.9. The summed E-state index contributed by atoms with van der Waals surface area (Å²) in [5.41, 5.74) is 3.33. The van der Waals surface area contributed by atoms with Gasteiger partial charge in [-0.15, -0.1) is 11.3 Å². The second-order valence-corrected chi connectivity index (χ2v) is 8.60. The number of carbonyl (C=O) groups excluding carboxylic acids is 4. The number of amides is 3. The summed E-state index contributed by atoms with van der Waals surface area (Å²) in [7, 11) is 1.46. The molecule has 3 aromatic rings. The van der Waals surface area contributed by atoms with Crippen LogP contribution in [0, 0.1) is 13.8 Å². The summed E-state index contributed by atoms with van der Waals surface area (Å²) >= 11 is 1.33. The van der Waals surface area contributed by atoms with E-state index in [2.05, 4.69) is 10.6 Å². The Morgan fingerprint density at radius 3 is 2.21 bits per heavy atom. The molecule has 0 unspecified atom stereocenters. The number of anilines is 2. The average Bonchev–Trinajstić information content (AvgIpc) is 3.35. The normalized spacial score (nSPS) is 10.3. The number of carbonyl (C=O) groups is 4. The van der Waals surface area contributed by atoms with Crippen molar-refractivity contribution in [2.75, 3.05) is 30.8 Å². The van der Waals surface area contributed by atoms with Crippen LogP contribution >= 0.6 is 11.3 Å². The highest BCUT2D eigenvalue weighted by molar-refractivity contribution is 7.12. The monoisotopic (exact) mass is 479 g/mol. The van der Waals surface area contributed by atoms with Gasteiger partial charge < -0.3 is 20.3 Å². The number of likely N-dealkylation sites (N-methyl/N-ethyl adjacent to an activating group) is 1. The van der Waals surface area contributed by atoms with E-state index in [4.69, 9.17) is 4.74 Å². The Morgan fingerprint density at radius 1 is 0.912 bits per heavy atom. The largest absolute Gasteiger partial charge is 0.452 e. The second-order valence-electron chi connectivity index (χ2n) is 7.65. The molecule has 9 heteroatoms. The lowest BCUT2D eigenvalue weighted by atomic mass is 10.1. The molecule has 0 fully saturated rings. The molecule has 2 aromatic carbocycles. The second kappa shape index (κ2) is 11.2. The molecule has 3 rings (SSSR count). The van der Waals surface area contributed by atoms with Gasteiger partial charge in [0.2, 0.25) is 5.91 Å². The summed E-state index contributed by atoms with van der Waals surface area (Å²) in [6, 6.07) is 15.3. The van der Waals surface area contributed by atoms with Gasteiger partial charge in [0.05, 0.1) is 17.0 Å². The van der Waals surface area contributed by atoms with Gasteiger partial charge in [-0.1, -0.05) is 24.3 Å². The molecule has 1 aromatic heterocycles. The smallest absolute Gasteiger partial charge is 0.338 e. The summed E-state index contributed by atoms with van der Waals surface area (Å²) in [5.74, 6) is -1.77. The summed E-state index contributed by atoms with van der Waals surface area (Å²) in [5, 5.41) is 7.36. The van der Waals surface area contributed by atoms with Crippen molar-refractivity contribution in [2.24, 2.45) is 0 Å². The van der Waals surface area contributed by atoms with Gasteiger partial charge in [0.25, 0.3) is 11.8 Å². The van der Waals surface area contributed by atoms with Gasteiger partial charge in [-0.2, -0.15) is 0 Å². The summed E-state index contributed by atoms with van der Waals surface area (Å²) in [4.78, 5) is 50.8. The Labute approximate surface area is 201 Å². The first-order valence-electron chi connectivity index (χ1n) is 10.5. The first kappa shape index (κ1) is 24.7. The molecular formula is C25H25N3O5S. The maximum absolute atomic E-state index is 12.3. The summed E-state index contributed by atoms with van der Waals surface area (Å²) in [6.07, 6.45) is 0. The number of ether oxygens (including phenoxy) is 1. The molecule has 0 saturated heterocycles. The first-order valence-corrected chi connectivity index (χ1v) is 11.3. The third kappa shape index (κ3) is 6.52. The van der Waals surface area contributed by atoms with Crippen molar-refractivity contribution in [1.29, 1.82) is 0 Å². The van der Waals surface area contributed by atoms with Crippen LogP contribution in [0.2, 0.25) is 0 Å². The lowest BCUT2D eigenvalue weighted by molar-refractivity contribution is -0.136. The van der Waals surface area contributed by atoms with Crippen LogP contribution < -0.4 is 10.6 Å². The molecule has 2 N–H and O–H groups in total. The predicted molar refractivity (Wildman–Crippen MR) is 131 cm³/mol. The lowest BCUT2D eigenvalue weighted by Gasteiger charge is -2.18. The standard InChI is InChI=1S/C25H25N3O5S/c1-16-6-4-7-17(2)23(16)27-21(29)14-28(3)22(30)15-33-25(32)18-9-11-19(12-10-18)26-24(31)20-8-5-13-34-20/h4-13H,14-15H2,1-3H3,(H,26,31)(H,27,29). The van der Waals surface area contributed by atoms with E-state index in [-0.39, 0.29) is 23.9 Å². The number of rotatable bonds is 8. The molecule has 0 atom stereocenters. The minimum absolute atomic E-state index is 0.178. The Bertz CT molecular complexity index is 1170. The van der Waals surface area contributed by atoms with Gasteiger partial charge in [-0.3, -0.25) is 14.4 Å². The minimum atomic E-state index is -0.683. The van der Waals surface area contributed by atoms with E-state index in [1.165, 1.54) is 35.4 Å². The van der Waals surface area contributed by atoms with Crippen LogP contribution in [0.5, 0.6) is 0 Å².